The number of unbranched alkanes of at least 4 members (excludes halogenated alkanes) is 40. The first-order valence-electron chi connectivity index (χ1n) is 39.4. The van der Waals surface area contributed by atoms with Gasteiger partial charge in [-0.2, -0.15) is 0 Å². The van der Waals surface area contributed by atoms with Crippen LogP contribution in [0.15, 0.2) is 146 Å². The monoisotopic (exact) mass is 1270 g/mol. The second-order valence-electron chi connectivity index (χ2n) is 26.0. The van der Waals surface area contributed by atoms with Crippen molar-refractivity contribution in [2.75, 3.05) is 13.2 Å². The topological polar surface area (TPSA) is 72.8 Å². The number of carbonyl (C=O) groups excluding carboxylic acids is 2. The maximum Gasteiger partial charge on any atom is 0.306 e. The number of carbonyl (C=O) groups is 2. The number of ether oxygens (including phenoxy) is 2. The fourth-order valence-electron chi connectivity index (χ4n) is 11.3. The smallest absolute Gasteiger partial charge is 0.306 e. The molecule has 92 heavy (non-hydrogen) atoms. The molecule has 1 atom stereocenters. The molecule has 1 unspecified atom stereocenters. The van der Waals surface area contributed by atoms with Crippen molar-refractivity contribution in [3.8, 4) is 0 Å². The highest BCUT2D eigenvalue weighted by molar-refractivity contribution is 5.70. The van der Waals surface area contributed by atoms with Gasteiger partial charge in [0.15, 0.2) is 6.10 Å². The highest BCUT2D eigenvalue weighted by atomic mass is 16.6. The SMILES string of the molecule is CC/C=C\C/C=C\C/C=C\C/C=C\C/C=C\C/C=C\CCCCCCCCCCCCCCCCCCCCCCC(=O)OCC(CO)OC(=O)CCCCCCCCCCCCCCCCCCCCCC/C=C\C/C=C\C/C=C\C/C=C\C/C=C\C/C=C\CC. The highest BCUT2D eigenvalue weighted by Gasteiger charge is 2.16. The van der Waals surface area contributed by atoms with Gasteiger partial charge < -0.3 is 14.6 Å². The van der Waals surface area contributed by atoms with Crippen molar-refractivity contribution in [2.24, 2.45) is 0 Å². The normalized spacial score (nSPS) is 13.0. The summed E-state index contributed by atoms with van der Waals surface area (Å²) in [5.41, 5.74) is 0. The van der Waals surface area contributed by atoms with E-state index >= 15 is 0 Å². The number of esters is 2. The van der Waals surface area contributed by atoms with Crippen molar-refractivity contribution in [1.29, 1.82) is 0 Å². The lowest BCUT2D eigenvalue weighted by molar-refractivity contribution is -0.161. The van der Waals surface area contributed by atoms with Gasteiger partial charge in [0.05, 0.1) is 6.61 Å². The summed E-state index contributed by atoms with van der Waals surface area (Å²) in [5, 5.41) is 9.73. The minimum atomic E-state index is -0.778. The number of allylic oxidation sites excluding steroid dienone is 24. The zero-order valence-electron chi connectivity index (χ0n) is 60.5. The van der Waals surface area contributed by atoms with Gasteiger partial charge in [-0.05, 0) is 116 Å². The van der Waals surface area contributed by atoms with Gasteiger partial charge in [0.25, 0.3) is 0 Å². The maximum atomic E-state index is 12.4. The van der Waals surface area contributed by atoms with Crippen molar-refractivity contribution in [1.82, 2.24) is 0 Å². The Morgan fingerprint density at radius 2 is 0.435 bits per heavy atom. The molecule has 0 radical (unpaired) electrons. The molecular formula is C87H148O5. The second-order valence-corrected chi connectivity index (χ2v) is 26.0. The minimum absolute atomic E-state index is 0.0658. The van der Waals surface area contributed by atoms with Gasteiger partial charge in [0, 0.05) is 12.8 Å². The van der Waals surface area contributed by atoms with Crippen LogP contribution in [0.2, 0.25) is 0 Å². The summed E-state index contributed by atoms with van der Waals surface area (Å²) >= 11 is 0. The van der Waals surface area contributed by atoms with E-state index < -0.39 is 6.10 Å². The van der Waals surface area contributed by atoms with Crippen molar-refractivity contribution in [2.45, 2.75) is 380 Å². The van der Waals surface area contributed by atoms with E-state index in [1.807, 2.05) is 0 Å². The van der Waals surface area contributed by atoms with Crippen molar-refractivity contribution < 1.29 is 24.2 Å². The predicted molar refractivity (Wildman–Crippen MR) is 408 cm³/mol. The average molecular weight is 1270 g/mol. The van der Waals surface area contributed by atoms with Gasteiger partial charge in [0.1, 0.15) is 6.61 Å². The lowest BCUT2D eigenvalue weighted by Crippen LogP contribution is -2.28. The third-order valence-corrected chi connectivity index (χ3v) is 17.1. The van der Waals surface area contributed by atoms with E-state index in [4.69, 9.17) is 9.47 Å². The van der Waals surface area contributed by atoms with E-state index in [-0.39, 0.29) is 25.2 Å². The van der Waals surface area contributed by atoms with E-state index in [9.17, 15) is 14.7 Å². The van der Waals surface area contributed by atoms with Gasteiger partial charge in [-0.15, -0.1) is 0 Å². The largest absolute Gasteiger partial charge is 0.462 e. The van der Waals surface area contributed by atoms with Gasteiger partial charge >= 0.3 is 11.9 Å². The molecule has 0 aromatic heterocycles. The summed E-state index contributed by atoms with van der Waals surface area (Å²) in [6.45, 7) is 3.95. The van der Waals surface area contributed by atoms with Crippen molar-refractivity contribution >= 4 is 11.9 Å². The average Bonchev–Trinajstić information content (AvgIpc) is 3.75. The molecule has 0 aromatic carbocycles. The number of aliphatic hydroxyl groups is 1. The Kier molecular flexibility index (Phi) is 77.3. The third-order valence-electron chi connectivity index (χ3n) is 17.1. The maximum absolute atomic E-state index is 12.4. The molecule has 0 saturated heterocycles. The highest BCUT2D eigenvalue weighted by Crippen LogP contribution is 2.19. The van der Waals surface area contributed by atoms with Gasteiger partial charge in [-0.3, -0.25) is 9.59 Å². The van der Waals surface area contributed by atoms with Crippen LogP contribution < -0.4 is 0 Å². The fourth-order valence-corrected chi connectivity index (χ4v) is 11.3. The molecule has 1 N–H and O–H groups in total. The molecule has 0 aliphatic carbocycles. The van der Waals surface area contributed by atoms with Gasteiger partial charge in [-0.25, -0.2) is 0 Å². The lowest BCUT2D eigenvalue weighted by Gasteiger charge is -2.15. The molecule has 5 nitrogen and oxygen atoms in total. The van der Waals surface area contributed by atoms with E-state index in [0.717, 1.165) is 116 Å². The molecular weight excluding hydrogens is 1120 g/mol. The van der Waals surface area contributed by atoms with Crippen LogP contribution in [0.25, 0.3) is 0 Å². The van der Waals surface area contributed by atoms with Crippen LogP contribution in [0.5, 0.6) is 0 Å². The lowest BCUT2D eigenvalue weighted by atomic mass is 10.0. The summed E-state index contributed by atoms with van der Waals surface area (Å²) in [7, 11) is 0. The molecule has 0 amide bonds. The van der Waals surface area contributed by atoms with Crippen LogP contribution in [0, 0.1) is 0 Å². The van der Waals surface area contributed by atoms with Gasteiger partial charge in [0.2, 0.25) is 0 Å². The van der Waals surface area contributed by atoms with Crippen LogP contribution in [0.3, 0.4) is 0 Å². The first-order chi connectivity index (χ1) is 45.6. The second kappa shape index (κ2) is 81.0. The standard InChI is InChI=1S/C87H148O5/c1-3-5-7-9-11-13-15-17-19-21-23-25-27-29-31-33-35-37-39-41-43-45-47-49-51-53-55-57-59-61-63-65-67-69-71-73-75-77-79-81-86(89)91-84-85(83-88)92-87(90)82-80-78-76-74-72-70-68-66-64-62-60-58-56-54-52-50-48-46-44-42-40-38-36-34-32-30-28-26-24-22-20-18-16-14-12-10-8-6-4-2/h5-8,11-14,17-20,23-26,29-32,35-38,85,88H,3-4,9-10,15-16,21-22,27-28,33-34,39-84H2,1-2H3/b7-5-,8-6-,13-11-,14-12-,19-17-,20-18-,25-23-,26-24-,31-29-,32-30-,37-35-,38-36-. The minimum Gasteiger partial charge on any atom is -0.462 e. The predicted octanol–water partition coefficient (Wildman–Crippen LogP) is 28.0. The van der Waals surface area contributed by atoms with Crippen LogP contribution >= 0.6 is 0 Å². The molecule has 0 bridgehead atoms. The van der Waals surface area contributed by atoms with Crippen molar-refractivity contribution in [3.05, 3.63) is 146 Å². The number of aliphatic hydroxyl groups excluding tert-OH is 1. The van der Waals surface area contributed by atoms with Gasteiger partial charge in [-0.1, -0.05) is 391 Å². The van der Waals surface area contributed by atoms with E-state index in [2.05, 4.69) is 160 Å². The Morgan fingerprint density at radius 3 is 0.652 bits per heavy atom. The van der Waals surface area contributed by atoms with Crippen LogP contribution in [0.4, 0.5) is 0 Å². The summed E-state index contributed by atoms with van der Waals surface area (Å²) in [6, 6.07) is 0. The van der Waals surface area contributed by atoms with E-state index in [1.54, 1.807) is 0 Å². The van der Waals surface area contributed by atoms with Crippen molar-refractivity contribution in [3.63, 3.8) is 0 Å². The molecule has 0 aliphatic heterocycles. The number of hydrogen-bond donors (Lipinski definition) is 1. The Labute approximate surface area is 571 Å². The van der Waals surface area contributed by atoms with E-state index in [0.29, 0.717) is 12.8 Å². The third kappa shape index (κ3) is 78.2. The molecule has 0 spiro atoms. The molecule has 0 aromatic rings. The van der Waals surface area contributed by atoms with Crippen LogP contribution in [-0.4, -0.2) is 36.4 Å². The van der Waals surface area contributed by atoms with Crippen LogP contribution in [0.1, 0.15) is 373 Å². The zero-order valence-corrected chi connectivity index (χ0v) is 60.5. The van der Waals surface area contributed by atoms with E-state index in [1.165, 1.54) is 231 Å². The summed E-state index contributed by atoms with van der Waals surface area (Å²) in [6.07, 6.45) is 122. The fraction of sp³-hybridized carbons (Fsp3) is 0.701. The summed E-state index contributed by atoms with van der Waals surface area (Å²) < 4.78 is 10.8. The molecule has 526 valence electrons. The number of rotatable bonds is 72. The molecule has 0 aliphatic rings. The Hall–Kier alpha value is -4.22. The Bertz CT molecular complexity index is 1880. The first-order valence-corrected chi connectivity index (χ1v) is 39.4. The zero-order chi connectivity index (χ0) is 66.1. The molecule has 0 heterocycles. The number of hydrogen-bond acceptors (Lipinski definition) is 5. The Balaban J connectivity index is 3.43. The summed E-state index contributed by atoms with van der Waals surface area (Å²) in [4.78, 5) is 24.7. The molecule has 0 saturated carbocycles. The summed E-state index contributed by atoms with van der Waals surface area (Å²) in [5.74, 6) is -0.576. The first kappa shape index (κ1) is 87.8. The quantitative estimate of drug-likeness (QED) is 0.0373. The Morgan fingerprint density at radius 1 is 0.250 bits per heavy atom. The van der Waals surface area contributed by atoms with Crippen LogP contribution in [-0.2, 0) is 19.1 Å². The molecule has 0 rings (SSSR count). The molecule has 0 fully saturated rings. The molecule has 5 heteroatoms.